The lowest BCUT2D eigenvalue weighted by Crippen LogP contribution is -2.39. The van der Waals surface area contributed by atoms with Gasteiger partial charge in [0.1, 0.15) is 0 Å². The van der Waals surface area contributed by atoms with E-state index in [9.17, 15) is 8.42 Å². The van der Waals surface area contributed by atoms with Gasteiger partial charge in [-0.15, -0.1) is 0 Å². The molecule has 0 radical (unpaired) electrons. The Labute approximate surface area is 121 Å². The fourth-order valence-corrected chi connectivity index (χ4v) is 4.39. The van der Waals surface area contributed by atoms with E-state index in [0.29, 0.717) is 31.1 Å². The van der Waals surface area contributed by atoms with E-state index in [1.54, 1.807) is 17.5 Å². The molecule has 0 aromatic carbocycles. The van der Waals surface area contributed by atoms with Gasteiger partial charge < -0.3 is 5.32 Å². The van der Waals surface area contributed by atoms with Gasteiger partial charge in [-0.2, -0.15) is 9.40 Å². The third-order valence-electron chi connectivity index (χ3n) is 3.91. The van der Waals surface area contributed by atoms with Crippen molar-refractivity contribution in [3.05, 3.63) is 11.8 Å². The van der Waals surface area contributed by atoms with E-state index in [1.807, 2.05) is 0 Å². The molecule has 0 amide bonds. The Hall–Kier alpha value is -0.920. The Kier molecular flexibility index (Phi) is 5.17. The molecule has 1 aromatic heterocycles. The van der Waals surface area contributed by atoms with Crippen molar-refractivity contribution in [2.45, 2.75) is 44.2 Å². The summed E-state index contributed by atoms with van der Waals surface area (Å²) < 4.78 is 26.9. The summed E-state index contributed by atoms with van der Waals surface area (Å²) in [6.07, 6.45) is 5.87. The Morgan fingerprint density at radius 1 is 1.45 bits per heavy atom. The number of nitrogens with zero attached hydrogens (tertiary/aromatic N) is 2. The maximum absolute atomic E-state index is 12.6. The second kappa shape index (κ2) is 6.69. The predicted molar refractivity (Wildman–Crippen MR) is 77.7 cm³/mol. The number of hydrogen-bond acceptors (Lipinski definition) is 4. The molecule has 1 aliphatic heterocycles. The topological polar surface area (TPSA) is 78.1 Å². The summed E-state index contributed by atoms with van der Waals surface area (Å²) in [5.74, 6) is 0.671. The maximum Gasteiger partial charge on any atom is 0.260 e. The Morgan fingerprint density at radius 2 is 2.15 bits per heavy atom. The van der Waals surface area contributed by atoms with E-state index in [4.69, 9.17) is 0 Å². The molecule has 1 aliphatic rings. The van der Waals surface area contributed by atoms with Gasteiger partial charge in [0.25, 0.3) is 10.0 Å². The van der Waals surface area contributed by atoms with Crippen LogP contribution in [0.25, 0.3) is 0 Å². The molecule has 1 saturated heterocycles. The van der Waals surface area contributed by atoms with Crippen LogP contribution in [-0.4, -0.2) is 43.1 Å². The van der Waals surface area contributed by atoms with Gasteiger partial charge in [0.2, 0.25) is 0 Å². The zero-order chi connectivity index (χ0) is 14.6. The molecule has 0 aliphatic carbocycles. The number of piperidine rings is 1. The van der Waals surface area contributed by atoms with E-state index < -0.39 is 10.0 Å². The second-order valence-corrected chi connectivity index (χ2v) is 7.27. The fourth-order valence-electron chi connectivity index (χ4n) is 2.81. The van der Waals surface area contributed by atoms with Crippen molar-refractivity contribution >= 4 is 10.0 Å². The first-order valence-electron chi connectivity index (χ1n) is 7.26. The Bertz CT molecular complexity index is 518. The van der Waals surface area contributed by atoms with Gasteiger partial charge >= 0.3 is 0 Å². The number of sulfonamides is 1. The van der Waals surface area contributed by atoms with Crippen LogP contribution < -0.4 is 5.32 Å². The molecular weight excluding hydrogens is 276 g/mol. The minimum Gasteiger partial charge on any atom is -0.316 e. The van der Waals surface area contributed by atoms with Crippen LogP contribution in [0.15, 0.2) is 11.2 Å². The molecule has 2 N–H and O–H groups in total. The van der Waals surface area contributed by atoms with Crippen LogP contribution in [0, 0.1) is 5.92 Å². The lowest BCUT2D eigenvalue weighted by molar-refractivity contribution is 0.261. The van der Waals surface area contributed by atoms with Gasteiger partial charge in [-0.1, -0.05) is 19.8 Å². The van der Waals surface area contributed by atoms with Gasteiger partial charge in [-0.05, 0) is 25.8 Å². The minimum absolute atomic E-state index is 0.237. The number of aromatic nitrogens is 2. The van der Waals surface area contributed by atoms with Crippen LogP contribution in [0.1, 0.15) is 38.2 Å². The summed E-state index contributed by atoms with van der Waals surface area (Å²) in [4.78, 5) is 0. The molecular formula is C13H24N4O2S. The molecule has 1 aromatic rings. The Morgan fingerprint density at radius 3 is 2.75 bits per heavy atom. The molecule has 0 bridgehead atoms. The highest BCUT2D eigenvalue weighted by Gasteiger charge is 2.31. The van der Waals surface area contributed by atoms with Gasteiger partial charge in [0.05, 0.1) is 6.20 Å². The number of H-pyrrole nitrogens is 1. The fraction of sp³-hybridized carbons (Fsp3) is 0.769. The molecule has 7 heteroatoms. The summed E-state index contributed by atoms with van der Waals surface area (Å²) in [5, 5.41) is 9.72. The smallest absolute Gasteiger partial charge is 0.260 e. The largest absolute Gasteiger partial charge is 0.316 e. The SMILES string of the molecule is CCCC1CCN(S(=O)(=O)c2[nH]ncc2CNC)CC1. The normalized spacial score (nSPS) is 18.5. The van der Waals surface area contributed by atoms with Crippen LogP contribution in [0.2, 0.25) is 0 Å². The van der Waals surface area contributed by atoms with E-state index in [2.05, 4.69) is 22.4 Å². The summed E-state index contributed by atoms with van der Waals surface area (Å²) in [7, 11) is -1.64. The summed E-state index contributed by atoms with van der Waals surface area (Å²) in [6.45, 7) is 3.91. The van der Waals surface area contributed by atoms with E-state index in [0.717, 1.165) is 12.8 Å². The average molecular weight is 300 g/mol. The number of aromatic amines is 1. The van der Waals surface area contributed by atoms with Gasteiger partial charge in [0, 0.05) is 25.2 Å². The van der Waals surface area contributed by atoms with Gasteiger partial charge in [-0.3, -0.25) is 5.10 Å². The highest BCUT2D eigenvalue weighted by Crippen LogP contribution is 2.26. The summed E-state index contributed by atoms with van der Waals surface area (Å²) in [5.41, 5.74) is 0.697. The van der Waals surface area contributed by atoms with Crippen LogP contribution >= 0.6 is 0 Å². The molecule has 20 heavy (non-hydrogen) atoms. The monoisotopic (exact) mass is 300 g/mol. The van der Waals surface area contributed by atoms with Crippen molar-refractivity contribution in [2.24, 2.45) is 5.92 Å². The molecule has 2 heterocycles. The average Bonchev–Trinajstić information content (AvgIpc) is 2.89. The molecule has 0 unspecified atom stereocenters. The first-order valence-corrected chi connectivity index (χ1v) is 8.70. The van der Waals surface area contributed by atoms with Crippen LogP contribution in [0.3, 0.4) is 0 Å². The third-order valence-corrected chi connectivity index (χ3v) is 5.83. The molecule has 0 atom stereocenters. The number of hydrogen-bond donors (Lipinski definition) is 2. The van der Waals surface area contributed by atoms with Gasteiger partial charge in [0.15, 0.2) is 5.03 Å². The maximum atomic E-state index is 12.6. The van der Waals surface area contributed by atoms with Crippen molar-refractivity contribution in [3.63, 3.8) is 0 Å². The quantitative estimate of drug-likeness (QED) is 0.831. The number of rotatable bonds is 6. The van der Waals surface area contributed by atoms with Crippen molar-refractivity contribution in [1.82, 2.24) is 19.8 Å². The minimum atomic E-state index is -3.43. The lowest BCUT2D eigenvalue weighted by Gasteiger charge is -2.30. The van der Waals surface area contributed by atoms with Gasteiger partial charge in [-0.25, -0.2) is 8.42 Å². The summed E-state index contributed by atoms with van der Waals surface area (Å²) in [6, 6.07) is 0. The van der Waals surface area contributed by atoms with Crippen LogP contribution in [0.5, 0.6) is 0 Å². The highest BCUT2D eigenvalue weighted by molar-refractivity contribution is 7.89. The van der Waals surface area contributed by atoms with E-state index >= 15 is 0 Å². The van der Waals surface area contributed by atoms with E-state index in [-0.39, 0.29) is 5.03 Å². The molecule has 2 rings (SSSR count). The highest BCUT2D eigenvalue weighted by atomic mass is 32.2. The molecule has 114 valence electrons. The first-order chi connectivity index (χ1) is 9.59. The van der Waals surface area contributed by atoms with Crippen molar-refractivity contribution < 1.29 is 8.42 Å². The second-order valence-electron chi connectivity index (χ2n) is 5.39. The first kappa shape index (κ1) is 15.5. The zero-order valence-electron chi connectivity index (χ0n) is 12.2. The standard InChI is InChI=1S/C13H24N4O2S/c1-3-4-11-5-7-17(8-6-11)20(18,19)13-12(9-14-2)10-15-16-13/h10-11,14H,3-9H2,1-2H3,(H,15,16). The zero-order valence-corrected chi connectivity index (χ0v) is 13.0. The molecule has 0 saturated carbocycles. The van der Waals surface area contributed by atoms with E-state index in [1.165, 1.54) is 12.8 Å². The van der Waals surface area contributed by atoms with Crippen molar-refractivity contribution in [1.29, 1.82) is 0 Å². The van der Waals surface area contributed by atoms with Crippen molar-refractivity contribution in [3.8, 4) is 0 Å². The predicted octanol–water partition coefficient (Wildman–Crippen LogP) is 1.33. The molecule has 6 nitrogen and oxygen atoms in total. The lowest BCUT2D eigenvalue weighted by atomic mass is 9.94. The number of nitrogens with one attached hydrogen (secondary N) is 2. The molecule has 1 fully saturated rings. The summed E-state index contributed by atoms with van der Waals surface area (Å²) >= 11 is 0. The van der Waals surface area contributed by atoms with Crippen LogP contribution in [0.4, 0.5) is 0 Å². The third kappa shape index (κ3) is 3.21. The Balaban J connectivity index is 2.09. The van der Waals surface area contributed by atoms with Crippen LogP contribution in [-0.2, 0) is 16.6 Å². The molecule has 0 spiro atoms. The van der Waals surface area contributed by atoms with Crippen molar-refractivity contribution in [2.75, 3.05) is 20.1 Å².